The molecule has 1 fully saturated rings. The summed E-state index contributed by atoms with van der Waals surface area (Å²) in [5.41, 5.74) is 0. The normalized spacial score (nSPS) is 19.6. The van der Waals surface area contributed by atoms with Crippen LogP contribution >= 0.6 is 0 Å². The van der Waals surface area contributed by atoms with Crippen LogP contribution in [0.25, 0.3) is 0 Å². The van der Waals surface area contributed by atoms with Crippen molar-refractivity contribution in [2.24, 2.45) is 0 Å². The molecule has 0 radical (unpaired) electrons. The van der Waals surface area contributed by atoms with E-state index in [0.29, 0.717) is 6.42 Å². The van der Waals surface area contributed by atoms with Gasteiger partial charge in [0, 0.05) is 6.42 Å². The molecule has 0 saturated carbocycles. The van der Waals surface area contributed by atoms with Crippen LogP contribution in [0.3, 0.4) is 0 Å². The van der Waals surface area contributed by atoms with Gasteiger partial charge in [0.25, 0.3) is 0 Å². The van der Waals surface area contributed by atoms with Crippen LogP contribution in [0.15, 0.2) is 36.5 Å². The highest BCUT2D eigenvalue weighted by Crippen LogP contribution is 2.23. The van der Waals surface area contributed by atoms with E-state index in [9.17, 15) is 30.3 Å². The third-order valence-electron chi connectivity index (χ3n) is 14.4. The van der Waals surface area contributed by atoms with E-state index in [0.717, 1.165) is 57.8 Å². The van der Waals surface area contributed by atoms with E-state index < -0.39 is 49.5 Å². The lowest BCUT2D eigenvalue weighted by Gasteiger charge is -2.40. The fourth-order valence-electron chi connectivity index (χ4n) is 9.67. The van der Waals surface area contributed by atoms with Crippen LogP contribution in [0.1, 0.15) is 290 Å². The van der Waals surface area contributed by atoms with E-state index in [1.54, 1.807) is 6.08 Å². The molecule has 1 amide bonds. The highest BCUT2D eigenvalue weighted by atomic mass is 16.7. The van der Waals surface area contributed by atoms with Crippen molar-refractivity contribution in [2.45, 2.75) is 333 Å². The quantitative estimate of drug-likeness (QED) is 0.0261. The third-order valence-corrected chi connectivity index (χ3v) is 14.4. The second kappa shape index (κ2) is 50.9. The van der Waals surface area contributed by atoms with Gasteiger partial charge >= 0.3 is 0 Å². The number of amides is 1. The molecule has 0 aromatic rings. The zero-order chi connectivity index (χ0) is 50.8. The molecule has 9 heteroatoms. The van der Waals surface area contributed by atoms with Crippen molar-refractivity contribution in [3.8, 4) is 0 Å². The minimum Gasteiger partial charge on any atom is -0.394 e. The molecule has 6 N–H and O–H groups in total. The summed E-state index contributed by atoms with van der Waals surface area (Å²) in [6.45, 7) is 3.70. The summed E-state index contributed by atoms with van der Waals surface area (Å²) < 4.78 is 11.2. The lowest BCUT2D eigenvalue weighted by Crippen LogP contribution is -2.60. The Morgan fingerprint density at radius 2 is 0.814 bits per heavy atom. The zero-order valence-corrected chi connectivity index (χ0v) is 45.8. The number of nitrogens with one attached hydrogen (secondary N) is 1. The summed E-state index contributed by atoms with van der Waals surface area (Å²) in [6, 6.07) is -0.825. The van der Waals surface area contributed by atoms with Crippen LogP contribution < -0.4 is 5.32 Å². The van der Waals surface area contributed by atoms with Crippen molar-refractivity contribution >= 4 is 5.91 Å². The van der Waals surface area contributed by atoms with Crippen molar-refractivity contribution in [3.05, 3.63) is 36.5 Å². The molecule has 1 rings (SSSR count). The number of hydrogen-bond acceptors (Lipinski definition) is 8. The lowest BCUT2D eigenvalue weighted by atomic mass is 9.99. The molecule has 0 spiro atoms. The molecular weight excluding hydrogens is 875 g/mol. The molecule has 0 aromatic heterocycles. The first-order valence-electron chi connectivity index (χ1n) is 30.2. The van der Waals surface area contributed by atoms with Crippen LogP contribution in [0, 0.1) is 0 Å². The van der Waals surface area contributed by atoms with Gasteiger partial charge in [-0.15, -0.1) is 0 Å². The second-order valence-corrected chi connectivity index (χ2v) is 21.1. The number of hydrogen-bond donors (Lipinski definition) is 6. The summed E-state index contributed by atoms with van der Waals surface area (Å²) in [7, 11) is 0. The Bertz CT molecular complexity index is 1190. The molecule has 1 saturated heterocycles. The molecular formula is C61H115NO8. The summed E-state index contributed by atoms with van der Waals surface area (Å²) in [5, 5.41) is 54.3. The van der Waals surface area contributed by atoms with E-state index in [1.165, 1.54) is 212 Å². The van der Waals surface area contributed by atoms with E-state index >= 15 is 0 Å². The number of carbonyl (C=O) groups is 1. The minimum atomic E-state index is -1.57. The number of unbranched alkanes of at least 4 members (excludes halogenated alkanes) is 38. The highest BCUT2D eigenvalue weighted by Gasteiger charge is 2.44. The van der Waals surface area contributed by atoms with Gasteiger partial charge in [-0.3, -0.25) is 4.79 Å². The SMILES string of the molecule is CCC/C=C/CC/C=C/CC/C=C/C(O)C(COC1OC(CO)C(O)C(O)C1O)NC(=O)CCCCCCCCCCCCCCCCCCCCCCCCCCCCCCCCCCCCCC. The van der Waals surface area contributed by atoms with Gasteiger partial charge in [-0.1, -0.05) is 281 Å². The van der Waals surface area contributed by atoms with Gasteiger partial charge in [-0.25, -0.2) is 0 Å². The lowest BCUT2D eigenvalue weighted by molar-refractivity contribution is -0.302. The second-order valence-electron chi connectivity index (χ2n) is 21.1. The van der Waals surface area contributed by atoms with Crippen molar-refractivity contribution in [3.63, 3.8) is 0 Å². The van der Waals surface area contributed by atoms with Gasteiger partial charge in [0.05, 0.1) is 25.4 Å². The van der Waals surface area contributed by atoms with Crippen molar-refractivity contribution < 1.29 is 39.8 Å². The average molecular weight is 991 g/mol. The predicted octanol–water partition coefficient (Wildman–Crippen LogP) is 15.1. The van der Waals surface area contributed by atoms with Crippen LogP contribution in [0.5, 0.6) is 0 Å². The number of allylic oxidation sites excluding steroid dienone is 5. The number of ether oxygens (including phenoxy) is 2. The molecule has 1 aliphatic rings. The maximum absolute atomic E-state index is 13.0. The van der Waals surface area contributed by atoms with E-state index in [2.05, 4.69) is 43.5 Å². The van der Waals surface area contributed by atoms with Gasteiger partial charge in [-0.05, 0) is 38.5 Å². The molecule has 0 aromatic carbocycles. The van der Waals surface area contributed by atoms with Gasteiger partial charge < -0.3 is 40.3 Å². The summed E-state index contributed by atoms with van der Waals surface area (Å²) in [5.74, 6) is -0.188. The first-order chi connectivity index (χ1) is 34.3. The fraction of sp³-hybridized carbons (Fsp3) is 0.885. The maximum Gasteiger partial charge on any atom is 0.220 e. The molecule has 0 aliphatic carbocycles. The fourth-order valence-corrected chi connectivity index (χ4v) is 9.67. The van der Waals surface area contributed by atoms with Gasteiger partial charge in [0.1, 0.15) is 24.4 Å². The molecule has 412 valence electrons. The Hall–Kier alpha value is -1.59. The largest absolute Gasteiger partial charge is 0.394 e. The predicted molar refractivity (Wildman–Crippen MR) is 295 cm³/mol. The summed E-state index contributed by atoms with van der Waals surface area (Å²) in [4.78, 5) is 13.0. The van der Waals surface area contributed by atoms with Crippen LogP contribution in [-0.2, 0) is 14.3 Å². The Morgan fingerprint density at radius 3 is 1.17 bits per heavy atom. The topological polar surface area (TPSA) is 149 Å². The summed E-state index contributed by atoms with van der Waals surface area (Å²) >= 11 is 0. The van der Waals surface area contributed by atoms with Crippen molar-refractivity contribution in [1.29, 1.82) is 0 Å². The first-order valence-corrected chi connectivity index (χ1v) is 30.2. The molecule has 1 heterocycles. The van der Waals surface area contributed by atoms with Gasteiger partial charge in [0.15, 0.2) is 6.29 Å². The average Bonchev–Trinajstić information content (AvgIpc) is 3.36. The minimum absolute atomic E-state index is 0.188. The standard InChI is InChI=1S/C61H115NO8/c1-3-5-7-9-11-13-15-16-17-18-19-20-21-22-23-24-25-26-27-28-29-30-31-32-33-34-35-36-37-38-39-41-43-45-47-49-51-57(65)62-54(53-69-61-60(68)59(67)58(66)56(52-63)70-61)55(64)50-48-46-44-42-40-14-12-10-8-6-4-2/h8,10,40,42,48,50,54-56,58-61,63-64,66-68H,3-7,9,11-39,41,43-47,49,51-53H2,1-2H3,(H,62,65)/b10-8+,42-40+,50-48+. The van der Waals surface area contributed by atoms with Gasteiger partial charge in [-0.2, -0.15) is 0 Å². The molecule has 7 unspecified atom stereocenters. The van der Waals surface area contributed by atoms with E-state index in [-0.39, 0.29) is 12.5 Å². The molecule has 0 bridgehead atoms. The third kappa shape index (κ3) is 39.9. The molecule has 70 heavy (non-hydrogen) atoms. The highest BCUT2D eigenvalue weighted by molar-refractivity contribution is 5.76. The molecule has 7 atom stereocenters. The van der Waals surface area contributed by atoms with E-state index in [4.69, 9.17) is 9.47 Å². The van der Waals surface area contributed by atoms with Crippen molar-refractivity contribution in [2.75, 3.05) is 13.2 Å². The zero-order valence-electron chi connectivity index (χ0n) is 45.8. The Balaban J connectivity index is 2.03. The van der Waals surface area contributed by atoms with Crippen LogP contribution in [0.2, 0.25) is 0 Å². The van der Waals surface area contributed by atoms with Crippen LogP contribution in [0.4, 0.5) is 0 Å². The Kier molecular flexibility index (Phi) is 48.3. The Morgan fingerprint density at radius 1 is 0.471 bits per heavy atom. The number of carbonyl (C=O) groups excluding carboxylic acids is 1. The number of aliphatic hydroxyl groups excluding tert-OH is 5. The monoisotopic (exact) mass is 990 g/mol. The first kappa shape index (κ1) is 66.4. The van der Waals surface area contributed by atoms with Gasteiger partial charge in [0.2, 0.25) is 5.91 Å². The van der Waals surface area contributed by atoms with Crippen LogP contribution in [-0.4, -0.2) is 87.5 Å². The molecule has 1 aliphatic heterocycles. The van der Waals surface area contributed by atoms with Crippen molar-refractivity contribution in [1.82, 2.24) is 5.32 Å². The van der Waals surface area contributed by atoms with E-state index in [1.807, 2.05) is 6.08 Å². The summed E-state index contributed by atoms with van der Waals surface area (Å²) in [6.07, 6.45) is 59.8. The Labute approximate surface area is 431 Å². The maximum atomic E-state index is 13.0. The number of aliphatic hydroxyl groups is 5. The smallest absolute Gasteiger partial charge is 0.220 e. The molecule has 9 nitrogen and oxygen atoms in total. The number of rotatable bonds is 52.